The number of carbonyl (C=O) groups is 1. The predicted molar refractivity (Wildman–Crippen MR) is 64.4 cm³/mol. The standard InChI is InChI=1S/C14H12N2O/c15-8-10-1-2-11-5-6-16(13(11)7-10)9-14(17)12-3-4-12/h1-2,5-7,12H,3-4,9H2. The third-order valence-electron chi connectivity index (χ3n) is 3.26. The number of Topliss-reactive ketones (excluding diaryl/α,β-unsaturated/α-hetero) is 1. The molecule has 1 fully saturated rings. The van der Waals surface area contributed by atoms with Gasteiger partial charge in [-0.3, -0.25) is 4.79 Å². The fourth-order valence-corrected chi connectivity index (χ4v) is 2.09. The van der Waals surface area contributed by atoms with Crippen LogP contribution in [0.3, 0.4) is 0 Å². The van der Waals surface area contributed by atoms with Gasteiger partial charge in [0, 0.05) is 17.6 Å². The second kappa shape index (κ2) is 3.74. The van der Waals surface area contributed by atoms with Gasteiger partial charge >= 0.3 is 0 Å². The van der Waals surface area contributed by atoms with E-state index >= 15 is 0 Å². The molecule has 1 saturated carbocycles. The van der Waals surface area contributed by atoms with Crippen molar-refractivity contribution in [3.05, 3.63) is 36.0 Å². The molecule has 0 amide bonds. The molecule has 0 bridgehead atoms. The first-order chi connectivity index (χ1) is 8.28. The van der Waals surface area contributed by atoms with Gasteiger partial charge in [0.15, 0.2) is 5.78 Å². The van der Waals surface area contributed by atoms with Crippen LogP contribution in [0.1, 0.15) is 18.4 Å². The molecule has 1 aromatic carbocycles. The summed E-state index contributed by atoms with van der Waals surface area (Å²) in [7, 11) is 0. The van der Waals surface area contributed by atoms with Crippen molar-refractivity contribution >= 4 is 16.7 Å². The number of nitriles is 1. The summed E-state index contributed by atoms with van der Waals surface area (Å²) in [6, 6.07) is 9.68. The lowest BCUT2D eigenvalue weighted by Crippen LogP contribution is -2.10. The molecule has 0 atom stereocenters. The van der Waals surface area contributed by atoms with Crippen molar-refractivity contribution in [2.75, 3.05) is 0 Å². The summed E-state index contributed by atoms with van der Waals surface area (Å²) in [5, 5.41) is 9.96. The zero-order valence-electron chi connectivity index (χ0n) is 9.39. The van der Waals surface area contributed by atoms with Crippen LogP contribution in [-0.2, 0) is 11.3 Å². The van der Waals surface area contributed by atoms with Crippen LogP contribution in [0.2, 0.25) is 0 Å². The normalized spacial score (nSPS) is 14.8. The fourth-order valence-electron chi connectivity index (χ4n) is 2.09. The fraction of sp³-hybridized carbons (Fsp3) is 0.286. The third-order valence-corrected chi connectivity index (χ3v) is 3.26. The van der Waals surface area contributed by atoms with Crippen LogP contribution in [0.4, 0.5) is 0 Å². The largest absolute Gasteiger partial charge is 0.340 e. The number of benzene rings is 1. The maximum Gasteiger partial charge on any atom is 0.155 e. The molecule has 1 aromatic heterocycles. The lowest BCUT2D eigenvalue weighted by molar-refractivity contribution is -0.120. The smallest absolute Gasteiger partial charge is 0.155 e. The summed E-state index contributed by atoms with van der Waals surface area (Å²) in [6.07, 6.45) is 4.01. The van der Waals surface area contributed by atoms with Crippen molar-refractivity contribution in [1.82, 2.24) is 4.57 Å². The quantitative estimate of drug-likeness (QED) is 0.804. The molecule has 0 unspecified atom stereocenters. The molecule has 17 heavy (non-hydrogen) atoms. The van der Waals surface area contributed by atoms with Gasteiger partial charge in [0.1, 0.15) is 0 Å². The van der Waals surface area contributed by atoms with Gasteiger partial charge in [-0.1, -0.05) is 6.07 Å². The van der Waals surface area contributed by atoms with Gasteiger partial charge in [-0.05, 0) is 36.4 Å². The van der Waals surface area contributed by atoms with Crippen LogP contribution < -0.4 is 0 Å². The van der Waals surface area contributed by atoms with Crippen LogP contribution in [0.15, 0.2) is 30.5 Å². The number of aromatic nitrogens is 1. The van der Waals surface area contributed by atoms with E-state index in [4.69, 9.17) is 5.26 Å². The summed E-state index contributed by atoms with van der Waals surface area (Å²) in [4.78, 5) is 11.8. The van der Waals surface area contributed by atoms with Crippen molar-refractivity contribution < 1.29 is 4.79 Å². The molecule has 0 spiro atoms. The Kier molecular flexibility index (Phi) is 2.22. The van der Waals surface area contributed by atoms with E-state index in [1.165, 1.54) is 0 Å². The van der Waals surface area contributed by atoms with Gasteiger partial charge in [-0.25, -0.2) is 0 Å². The molecule has 0 saturated heterocycles. The zero-order valence-corrected chi connectivity index (χ0v) is 9.39. The van der Waals surface area contributed by atoms with Crippen LogP contribution in [-0.4, -0.2) is 10.4 Å². The Morgan fingerprint density at radius 3 is 2.94 bits per heavy atom. The van der Waals surface area contributed by atoms with E-state index in [1.807, 2.05) is 29.0 Å². The monoisotopic (exact) mass is 224 g/mol. The van der Waals surface area contributed by atoms with Crippen molar-refractivity contribution in [3.63, 3.8) is 0 Å². The minimum Gasteiger partial charge on any atom is -0.340 e. The first kappa shape index (κ1) is 10.1. The zero-order chi connectivity index (χ0) is 11.8. The maximum atomic E-state index is 11.8. The topological polar surface area (TPSA) is 45.8 Å². The highest BCUT2D eigenvalue weighted by Crippen LogP contribution is 2.30. The summed E-state index contributed by atoms with van der Waals surface area (Å²) < 4.78 is 1.94. The molecule has 0 aliphatic heterocycles. The number of hydrogen-bond donors (Lipinski definition) is 0. The Bertz CT molecular complexity index is 629. The maximum absolute atomic E-state index is 11.8. The molecule has 1 aliphatic rings. The molecule has 1 heterocycles. The van der Waals surface area contributed by atoms with E-state index in [0.717, 1.165) is 23.7 Å². The molecule has 3 rings (SSSR count). The first-order valence-electron chi connectivity index (χ1n) is 5.79. The number of nitrogens with zero attached hydrogens (tertiary/aromatic N) is 2. The minimum absolute atomic E-state index is 0.284. The van der Waals surface area contributed by atoms with E-state index in [1.54, 1.807) is 6.07 Å². The summed E-state index contributed by atoms with van der Waals surface area (Å²) >= 11 is 0. The van der Waals surface area contributed by atoms with E-state index < -0.39 is 0 Å². The highest BCUT2D eigenvalue weighted by Gasteiger charge is 2.29. The second-order valence-electron chi connectivity index (χ2n) is 4.57. The summed E-state index contributed by atoms with van der Waals surface area (Å²) in [5.74, 6) is 0.594. The van der Waals surface area contributed by atoms with Crippen molar-refractivity contribution in [1.29, 1.82) is 5.26 Å². The van der Waals surface area contributed by atoms with Gasteiger partial charge in [0.05, 0.1) is 18.2 Å². The number of ketones is 1. The van der Waals surface area contributed by atoms with E-state index in [-0.39, 0.29) is 5.92 Å². The molecule has 3 heteroatoms. The molecule has 0 radical (unpaired) electrons. The van der Waals surface area contributed by atoms with Crippen LogP contribution >= 0.6 is 0 Å². The number of rotatable bonds is 3. The Labute approximate surface area is 99.3 Å². The SMILES string of the molecule is N#Cc1ccc2ccn(CC(=O)C3CC3)c2c1. The Morgan fingerprint density at radius 1 is 1.41 bits per heavy atom. The number of hydrogen-bond acceptors (Lipinski definition) is 2. The highest BCUT2D eigenvalue weighted by molar-refractivity contribution is 5.87. The number of carbonyl (C=O) groups excluding carboxylic acids is 1. The third kappa shape index (κ3) is 1.83. The van der Waals surface area contributed by atoms with Gasteiger partial charge < -0.3 is 4.57 Å². The molecule has 2 aromatic rings. The van der Waals surface area contributed by atoms with Gasteiger partial charge in [0.2, 0.25) is 0 Å². The van der Waals surface area contributed by atoms with E-state index in [2.05, 4.69) is 6.07 Å². The van der Waals surface area contributed by atoms with Crippen LogP contribution in [0, 0.1) is 17.2 Å². The Hall–Kier alpha value is -2.08. The lowest BCUT2D eigenvalue weighted by atomic mass is 10.2. The van der Waals surface area contributed by atoms with Gasteiger partial charge in [-0.2, -0.15) is 5.26 Å². The molecular formula is C14H12N2O. The minimum atomic E-state index is 0.284. The molecule has 1 aliphatic carbocycles. The molecular weight excluding hydrogens is 212 g/mol. The average molecular weight is 224 g/mol. The Balaban J connectivity index is 1.98. The van der Waals surface area contributed by atoms with Gasteiger partial charge in [0.25, 0.3) is 0 Å². The second-order valence-corrected chi connectivity index (χ2v) is 4.57. The lowest BCUT2D eigenvalue weighted by Gasteiger charge is -2.04. The molecule has 3 nitrogen and oxygen atoms in total. The molecule has 84 valence electrons. The first-order valence-corrected chi connectivity index (χ1v) is 5.79. The number of fused-ring (bicyclic) bond motifs is 1. The van der Waals surface area contributed by atoms with Crippen molar-refractivity contribution in [3.8, 4) is 6.07 Å². The molecule has 0 N–H and O–H groups in total. The van der Waals surface area contributed by atoms with E-state index in [0.29, 0.717) is 17.9 Å². The van der Waals surface area contributed by atoms with E-state index in [9.17, 15) is 4.79 Å². The highest BCUT2D eigenvalue weighted by atomic mass is 16.1. The summed E-state index contributed by atoms with van der Waals surface area (Å²) in [5.41, 5.74) is 1.61. The van der Waals surface area contributed by atoms with Crippen molar-refractivity contribution in [2.24, 2.45) is 5.92 Å². The van der Waals surface area contributed by atoms with Crippen LogP contribution in [0.5, 0.6) is 0 Å². The predicted octanol–water partition coefficient (Wildman–Crippen LogP) is 2.49. The Morgan fingerprint density at radius 2 is 2.24 bits per heavy atom. The van der Waals surface area contributed by atoms with Gasteiger partial charge in [-0.15, -0.1) is 0 Å². The van der Waals surface area contributed by atoms with Crippen LogP contribution in [0.25, 0.3) is 10.9 Å². The average Bonchev–Trinajstić information content (AvgIpc) is 3.13. The summed E-state index contributed by atoms with van der Waals surface area (Å²) in [6.45, 7) is 0.434. The van der Waals surface area contributed by atoms with Crippen molar-refractivity contribution in [2.45, 2.75) is 19.4 Å².